The van der Waals surface area contributed by atoms with Crippen LogP contribution in [-0.2, 0) is 6.54 Å². The van der Waals surface area contributed by atoms with Gasteiger partial charge in [-0.15, -0.1) is 11.3 Å². The van der Waals surface area contributed by atoms with Crippen molar-refractivity contribution < 1.29 is 0 Å². The Kier molecular flexibility index (Phi) is 3.50. The van der Waals surface area contributed by atoms with E-state index in [2.05, 4.69) is 22.1 Å². The second kappa shape index (κ2) is 4.87. The average molecular weight is 211 g/mol. The van der Waals surface area contributed by atoms with E-state index in [0.717, 1.165) is 25.7 Å². The fourth-order valence-corrected chi connectivity index (χ4v) is 2.35. The van der Waals surface area contributed by atoms with Crippen LogP contribution in [0.5, 0.6) is 0 Å². The van der Waals surface area contributed by atoms with Gasteiger partial charge in [0.15, 0.2) is 0 Å². The van der Waals surface area contributed by atoms with Gasteiger partial charge in [-0.2, -0.15) is 0 Å². The first kappa shape index (κ1) is 10.1. The molecule has 2 rings (SSSR count). The maximum atomic E-state index is 4.11. The number of aromatic nitrogens is 1. The molecule has 4 heteroatoms. The van der Waals surface area contributed by atoms with Crippen molar-refractivity contribution in [3.05, 3.63) is 16.6 Å². The standard InChI is InChI=1S/C10H17N3S/c1-2-3-13(9-4-11-5-9)7-10-6-12-8-14-10/h6,8-9,11H,2-5,7H2,1H3. The van der Waals surface area contributed by atoms with E-state index < -0.39 is 0 Å². The molecule has 1 saturated heterocycles. The van der Waals surface area contributed by atoms with Crippen molar-refractivity contribution in [3.63, 3.8) is 0 Å². The molecule has 1 fully saturated rings. The van der Waals surface area contributed by atoms with Crippen LogP contribution < -0.4 is 5.32 Å². The van der Waals surface area contributed by atoms with Crippen molar-refractivity contribution in [2.24, 2.45) is 0 Å². The Labute approximate surface area is 89.1 Å². The van der Waals surface area contributed by atoms with Crippen LogP contribution in [0, 0.1) is 0 Å². The van der Waals surface area contributed by atoms with Crippen LogP contribution in [0.15, 0.2) is 11.7 Å². The molecule has 0 amide bonds. The van der Waals surface area contributed by atoms with Crippen molar-refractivity contribution in [1.29, 1.82) is 0 Å². The molecule has 1 aromatic heterocycles. The van der Waals surface area contributed by atoms with Gasteiger partial charge < -0.3 is 5.32 Å². The van der Waals surface area contributed by atoms with E-state index in [9.17, 15) is 0 Å². The summed E-state index contributed by atoms with van der Waals surface area (Å²) < 4.78 is 0. The summed E-state index contributed by atoms with van der Waals surface area (Å²) in [6.07, 6.45) is 3.22. The van der Waals surface area contributed by atoms with Crippen LogP contribution >= 0.6 is 11.3 Å². The Morgan fingerprint density at radius 3 is 3.00 bits per heavy atom. The lowest BCUT2D eigenvalue weighted by molar-refractivity contribution is 0.139. The number of hydrogen-bond acceptors (Lipinski definition) is 4. The van der Waals surface area contributed by atoms with Crippen LogP contribution in [0.25, 0.3) is 0 Å². The van der Waals surface area contributed by atoms with Crippen LogP contribution in [-0.4, -0.2) is 35.6 Å². The van der Waals surface area contributed by atoms with E-state index >= 15 is 0 Å². The zero-order valence-electron chi connectivity index (χ0n) is 8.57. The molecule has 1 aliphatic rings. The van der Waals surface area contributed by atoms with E-state index in [1.54, 1.807) is 11.3 Å². The molecule has 2 heterocycles. The molecule has 0 unspecified atom stereocenters. The molecule has 1 aliphatic heterocycles. The molecule has 0 saturated carbocycles. The maximum Gasteiger partial charge on any atom is 0.0794 e. The molecule has 0 atom stereocenters. The minimum Gasteiger partial charge on any atom is -0.314 e. The minimum atomic E-state index is 0.747. The first-order chi connectivity index (χ1) is 6.90. The van der Waals surface area contributed by atoms with Crippen LogP contribution in [0.1, 0.15) is 18.2 Å². The van der Waals surface area contributed by atoms with E-state index in [-0.39, 0.29) is 0 Å². The molecule has 0 aromatic carbocycles. The van der Waals surface area contributed by atoms with Crippen molar-refractivity contribution in [3.8, 4) is 0 Å². The van der Waals surface area contributed by atoms with E-state index in [1.165, 1.54) is 17.8 Å². The zero-order chi connectivity index (χ0) is 9.80. The van der Waals surface area contributed by atoms with Crippen molar-refractivity contribution in [2.75, 3.05) is 19.6 Å². The number of nitrogens with zero attached hydrogens (tertiary/aromatic N) is 2. The molecular weight excluding hydrogens is 194 g/mol. The fourth-order valence-electron chi connectivity index (χ4n) is 1.73. The molecule has 14 heavy (non-hydrogen) atoms. The summed E-state index contributed by atoms with van der Waals surface area (Å²) in [6.45, 7) is 6.82. The van der Waals surface area contributed by atoms with Gasteiger partial charge in [-0.25, -0.2) is 0 Å². The third-order valence-corrected chi connectivity index (χ3v) is 3.39. The van der Waals surface area contributed by atoms with Crippen LogP contribution in [0.3, 0.4) is 0 Å². The van der Waals surface area contributed by atoms with Gasteiger partial charge in [0.1, 0.15) is 0 Å². The predicted molar refractivity (Wildman–Crippen MR) is 59.5 cm³/mol. The number of thiazole rings is 1. The van der Waals surface area contributed by atoms with Crippen molar-refractivity contribution >= 4 is 11.3 Å². The first-order valence-corrected chi connectivity index (χ1v) is 6.10. The first-order valence-electron chi connectivity index (χ1n) is 5.22. The Morgan fingerprint density at radius 1 is 1.64 bits per heavy atom. The lowest BCUT2D eigenvalue weighted by Gasteiger charge is -2.37. The highest BCUT2D eigenvalue weighted by Crippen LogP contribution is 2.14. The Morgan fingerprint density at radius 2 is 2.50 bits per heavy atom. The minimum absolute atomic E-state index is 0.747. The third kappa shape index (κ3) is 2.32. The van der Waals surface area contributed by atoms with Gasteiger partial charge in [-0.05, 0) is 13.0 Å². The predicted octanol–water partition coefficient (Wildman–Crippen LogP) is 1.33. The Hall–Kier alpha value is -0.450. The largest absolute Gasteiger partial charge is 0.314 e. The maximum absolute atomic E-state index is 4.11. The molecular formula is C10H17N3S. The molecule has 78 valence electrons. The quantitative estimate of drug-likeness (QED) is 0.796. The normalized spacial score (nSPS) is 17.3. The molecule has 0 spiro atoms. The number of nitrogens with one attached hydrogen (secondary N) is 1. The van der Waals surface area contributed by atoms with Gasteiger partial charge in [0.05, 0.1) is 5.51 Å². The van der Waals surface area contributed by atoms with Crippen molar-refractivity contribution in [2.45, 2.75) is 25.9 Å². The molecule has 0 bridgehead atoms. The van der Waals surface area contributed by atoms with Gasteiger partial charge in [-0.1, -0.05) is 6.92 Å². The zero-order valence-corrected chi connectivity index (χ0v) is 9.39. The summed E-state index contributed by atoms with van der Waals surface area (Å²) >= 11 is 1.76. The third-order valence-electron chi connectivity index (χ3n) is 2.63. The molecule has 0 radical (unpaired) electrons. The average Bonchev–Trinajstić information content (AvgIpc) is 2.54. The highest BCUT2D eigenvalue weighted by molar-refractivity contribution is 7.09. The molecule has 1 N–H and O–H groups in total. The molecule has 0 aliphatic carbocycles. The Bertz CT molecular complexity index is 256. The SMILES string of the molecule is CCCN(Cc1cncs1)C1CNC1. The second-order valence-electron chi connectivity index (χ2n) is 3.75. The molecule has 3 nitrogen and oxygen atoms in total. The van der Waals surface area contributed by atoms with Crippen molar-refractivity contribution in [1.82, 2.24) is 15.2 Å². The van der Waals surface area contributed by atoms with Gasteiger partial charge in [0.25, 0.3) is 0 Å². The smallest absolute Gasteiger partial charge is 0.0794 e. The lowest BCUT2D eigenvalue weighted by Crippen LogP contribution is -2.56. The topological polar surface area (TPSA) is 28.2 Å². The van der Waals surface area contributed by atoms with Crippen LogP contribution in [0.4, 0.5) is 0 Å². The summed E-state index contributed by atoms with van der Waals surface area (Å²) in [4.78, 5) is 8.05. The lowest BCUT2D eigenvalue weighted by atomic mass is 10.1. The van der Waals surface area contributed by atoms with Gasteiger partial charge >= 0.3 is 0 Å². The highest BCUT2D eigenvalue weighted by atomic mass is 32.1. The molecule has 1 aromatic rings. The summed E-state index contributed by atoms with van der Waals surface area (Å²) in [5.41, 5.74) is 1.92. The highest BCUT2D eigenvalue weighted by Gasteiger charge is 2.23. The summed E-state index contributed by atoms with van der Waals surface area (Å²) in [5, 5.41) is 3.33. The van der Waals surface area contributed by atoms with Gasteiger partial charge in [0, 0.05) is 36.8 Å². The fraction of sp³-hybridized carbons (Fsp3) is 0.700. The second-order valence-corrected chi connectivity index (χ2v) is 4.72. The number of hydrogen-bond donors (Lipinski definition) is 1. The van der Waals surface area contributed by atoms with E-state index in [1.807, 2.05) is 11.7 Å². The van der Waals surface area contributed by atoms with E-state index in [0.29, 0.717) is 0 Å². The summed E-state index contributed by atoms with van der Waals surface area (Å²) in [7, 11) is 0. The monoisotopic (exact) mass is 211 g/mol. The number of rotatable bonds is 5. The Balaban J connectivity index is 1.89. The van der Waals surface area contributed by atoms with E-state index in [4.69, 9.17) is 0 Å². The van der Waals surface area contributed by atoms with Gasteiger partial charge in [-0.3, -0.25) is 9.88 Å². The summed E-state index contributed by atoms with van der Waals surface area (Å²) in [6, 6.07) is 0.747. The van der Waals surface area contributed by atoms with Crippen LogP contribution in [0.2, 0.25) is 0 Å². The van der Waals surface area contributed by atoms with Gasteiger partial charge in [0.2, 0.25) is 0 Å². The summed E-state index contributed by atoms with van der Waals surface area (Å²) in [5.74, 6) is 0.